The van der Waals surface area contributed by atoms with Gasteiger partial charge in [0.1, 0.15) is 0 Å². The number of nitrogen functional groups attached to an aromatic ring is 1. The molecule has 0 aliphatic rings. The molecule has 100 valence electrons. The summed E-state index contributed by atoms with van der Waals surface area (Å²) in [4.78, 5) is 11.9. The van der Waals surface area contributed by atoms with E-state index in [1.54, 1.807) is 12.1 Å². The fourth-order valence-electron chi connectivity index (χ4n) is 1.85. The summed E-state index contributed by atoms with van der Waals surface area (Å²) in [5.41, 5.74) is 7.92. The molecule has 0 fully saturated rings. The topological polar surface area (TPSA) is 67.2 Å². The molecule has 4 heteroatoms. The van der Waals surface area contributed by atoms with Crippen LogP contribution in [0.25, 0.3) is 0 Å². The Bertz CT molecular complexity index is 400. The van der Waals surface area contributed by atoms with Crippen molar-refractivity contribution in [1.29, 1.82) is 0 Å². The van der Waals surface area contributed by atoms with Gasteiger partial charge in [0.05, 0.1) is 5.56 Å². The van der Waals surface area contributed by atoms with Crippen LogP contribution in [-0.4, -0.2) is 18.5 Å². The van der Waals surface area contributed by atoms with Gasteiger partial charge in [-0.2, -0.15) is 0 Å². The van der Waals surface area contributed by atoms with Gasteiger partial charge in [-0.25, -0.2) is 0 Å². The zero-order chi connectivity index (χ0) is 13.5. The van der Waals surface area contributed by atoms with Crippen molar-refractivity contribution in [3.63, 3.8) is 0 Å². The largest absolute Gasteiger partial charge is 0.399 e. The minimum Gasteiger partial charge on any atom is -0.399 e. The summed E-state index contributed by atoms with van der Waals surface area (Å²) < 4.78 is 0. The van der Waals surface area contributed by atoms with Crippen LogP contribution in [0.1, 0.15) is 44.0 Å². The lowest BCUT2D eigenvalue weighted by atomic mass is 10.1. The Morgan fingerprint density at radius 1 is 1.28 bits per heavy atom. The number of anilines is 2. The van der Waals surface area contributed by atoms with E-state index in [-0.39, 0.29) is 5.91 Å². The first-order valence-corrected chi connectivity index (χ1v) is 6.56. The van der Waals surface area contributed by atoms with Crippen molar-refractivity contribution in [1.82, 2.24) is 5.32 Å². The van der Waals surface area contributed by atoms with Crippen LogP contribution in [0, 0.1) is 0 Å². The summed E-state index contributed by atoms with van der Waals surface area (Å²) in [6.45, 7) is 6.77. The lowest BCUT2D eigenvalue weighted by molar-refractivity contribution is 0.0956. The van der Waals surface area contributed by atoms with Crippen molar-refractivity contribution in [3.05, 3.63) is 23.8 Å². The summed E-state index contributed by atoms with van der Waals surface area (Å²) in [6.07, 6.45) is 2.03. The van der Waals surface area contributed by atoms with Crippen LogP contribution in [0.4, 0.5) is 11.4 Å². The third-order valence-electron chi connectivity index (χ3n) is 2.97. The number of amides is 1. The van der Waals surface area contributed by atoms with Crippen molar-refractivity contribution in [2.24, 2.45) is 0 Å². The van der Waals surface area contributed by atoms with E-state index in [0.29, 0.717) is 23.8 Å². The zero-order valence-corrected chi connectivity index (χ0v) is 11.4. The average Bonchev–Trinajstić information content (AvgIpc) is 2.36. The molecular formula is C14H23N3O. The van der Waals surface area contributed by atoms with Gasteiger partial charge in [0.15, 0.2) is 0 Å². The molecule has 0 radical (unpaired) electrons. The summed E-state index contributed by atoms with van der Waals surface area (Å²) in [6, 6.07) is 5.70. The molecule has 1 rings (SSSR count). The van der Waals surface area contributed by atoms with Crippen molar-refractivity contribution < 1.29 is 4.79 Å². The molecule has 0 saturated heterocycles. The number of rotatable bonds is 6. The molecular weight excluding hydrogens is 226 g/mol. The Balaban J connectivity index is 2.99. The Labute approximate surface area is 109 Å². The molecule has 0 aromatic heterocycles. The molecule has 1 aromatic rings. The molecule has 0 aliphatic carbocycles. The fraction of sp³-hybridized carbons (Fsp3) is 0.500. The Hall–Kier alpha value is -1.71. The Morgan fingerprint density at radius 2 is 1.94 bits per heavy atom. The van der Waals surface area contributed by atoms with Gasteiger partial charge in [-0.1, -0.05) is 13.8 Å². The molecule has 0 bridgehead atoms. The van der Waals surface area contributed by atoms with E-state index in [0.717, 1.165) is 18.5 Å². The molecule has 0 atom stereocenters. The quantitative estimate of drug-likeness (QED) is 0.679. The van der Waals surface area contributed by atoms with Gasteiger partial charge in [0, 0.05) is 24.0 Å². The molecule has 1 amide bonds. The second-order valence-corrected chi connectivity index (χ2v) is 4.32. The normalized spacial score (nSPS) is 10.4. The van der Waals surface area contributed by atoms with Crippen molar-refractivity contribution in [3.8, 4) is 0 Å². The number of nitrogens with two attached hydrogens (primary N) is 1. The van der Waals surface area contributed by atoms with Crippen LogP contribution in [0.5, 0.6) is 0 Å². The van der Waals surface area contributed by atoms with Crippen LogP contribution in [0.3, 0.4) is 0 Å². The molecule has 0 unspecified atom stereocenters. The van der Waals surface area contributed by atoms with E-state index in [9.17, 15) is 4.79 Å². The third-order valence-corrected chi connectivity index (χ3v) is 2.97. The molecule has 4 N–H and O–H groups in total. The summed E-state index contributed by atoms with van der Waals surface area (Å²) in [5.74, 6) is -0.0639. The van der Waals surface area contributed by atoms with Crippen LogP contribution in [-0.2, 0) is 0 Å². The number of benzene rings is 1. The highest BCUT2D eigenvalue weighted by Crippen LogP contribution is 2.21. The monoisotopic (exact) mass is 249 g/mol. The summed E-state index contributed by atoms with van der Waals surface area (Å²) in [7, 11) is 0. The summed E-state index contributed by atoms with van der Waals surface area (Å²) in [5, 5.41) is 6.20. The first-order valence-electron chi connectivity index (χ1n) is 6.56. The van der Waals surface area contributed by atoms with Gasteiger partial charge in [0.2, 0.25) is 0 Å². The first kappa shape index (κ1) is 14.4. The first-order chi connectivity index (χ1) is 8.62. The Morgan fingerprint density at radius 3 is 2.50 bits per heavy atom. The van der Waals surface area contributed by atoms with Gasteiger partial charge in [-0.05, 0) is 38.0 Å². The number of nitrogens with one attached hydrogen (secondary N) is 2. The molecule has 0 heterocycles. The molecule has 4 nitrogen and oxygen atoms in total. The van der Waals surface area contributed by atoms with Gasteiger partial charge < -0.3 is 16.4 Å². The molecule has 18 heavy (non-hydrogen) atoms. The maximum Gasteiger partial charge on any atom is 0.253 e. The van der Waals surface area contributed by atoms with Crippen molar-refractivity contribution in [2.75, 3.05) is 17.6 Å². The predicted molar refractivity (Wildman–Crippen MR) is 76.9 cm³/mol. The minimum absolute atomic E-state index is 0.0639. The van der Waals surface area contributed by atoms with Gasteiger partial charge >= 0.3 is 0 Å². The molecule has 0 spiro atoms. The second-order valence-electron chi connectivity index (χ2n) is 4.32. The van der Waals surface area contributed by atoms with Gasteiger partial charge in [-0.15, -0.1) is 0 Å². The number of carbonyl (C=O) groups excluding carboxylic acids is 1. The second kappa shape index (κ2) is 6.89. The van der Waals surface area contributed by atoms with Crippen LogP contribution in [0.15, 0.2) is 18.2 Å². The van der Waals surface area contributed by atoms with E-state index in [1.165, 1.54) is 0 Å². The van der Waals surface area contributed by atoms with Crippen molar-refractivity contribution in [2.45, 2.75) is 39.7 Å². The van der Waals surface area contributed by atoms with Crippen molar-refractivity contribution >= 4 is 17.3 Å². The zero-order valence-electron chi connectivity index (χ0n) is 11.4. The molecule has 0 aliphatic heterocycles. The third kappa shape index (κ3) is 3.65. The minimum atomic E-state index is -0.0639. The molecule has 0 saturated carbocycles. The standard InChI is InChI=1S/C14H23N3O/c1-4-11(5-2)17-13-9-10(15)7-8-12(13)14(18)16-6-3/h7-9,11,17H,4-6,15H2,1-3H3,(H,16,18). The maximum absolute atomic E-state index is 11.9. The number of hydrogen-bond donors (Lipinski definition) is 3. The maximum atomic E-state index is 11.9. The average molecular weight is 249 g/mol. The number of hydrogen-bond acceptors (Lipinski definition) is 3. The highest BCUT2D eigenvalue weighted by molar-refractivity contribution is 6.00. The Kier molecular flexibility index (Phi) is 5.49. The smallest absolute Gasteiger partial charge is 0.253 e. The van der Waals surface area contributed by atoms with E-state index in [1.807, 2.05) is 13.0 Å². The van der Waals surface area contributed by atoms with Crippen LogP contribution >= 0.6 is 0 Å². The predicted octanol–water partition coefficient (Wildman–Crippen LogP) is 2.62. The van der Waals surface area contributed by atoms with Gasteiger partial charge in [0.25, 0.3) is 5.91 Å². The lowest BCUT2D eigenvalue weighted by Crippen LogP contribution is -2.26. The van der Waals surface area contributed by atoms with E-state index < -0.39 is 0 Å². The number of carbonyl (C=O) groups is 1. The van der Waals surface area contributed by atoms with E-state index >= 15 is 0 Å². The summed E-state index contributed by atoms with van der Waals surface area (Å²) >= 11 is 0. The SMILES string of the molecule is CCNC(=O)c1ccc(N)cc1NC(CC)CC. The molecule has 1 aromatic carbocycles. The van der Waals surface area contributed by atoms with Gasteiger partial charge in [-0.3, -0.25) is 4.79 Å². The highest BCUT2D eigenvalue weighted by Gasteiger charge is 2.13. The lowest BCUT2D eigenvalue weighted by Gasteiger charge is -2.19. The van der Waals surface area contributed by atoms with E-state index in [4.69, 9.17) is 5.73 Å². The van der Waals surface area contributed by atoms with Crippen LogP contribution in [0.2, 0.25) is 0 Å². The highest BCUT2D eigenvalue weighted by atomic mass is 16.1. The van der Waals surface area contributed by atoms with E-state index in [2.05, 4.69) is 24.5 Å². The fourth-order valence-corrected chi connectivity index (χ4v) is 1.85. The van der Waals surface area contributed by atoms with Crippen LogP contribution < -0.4 is 16.4 Å².